The van der Waals surface area contributed by atoms with E-state index in [1.54, 1.807) is 30.1 Å². The van der Waals surface area contributed by atoms with Crippen LogP contribution in [0.2, 0.25) is 5.02 Å². The lowest BCUT2D eigenvalue weighted by molar-refractivity contribution is 0.410. The van der Waals surface area contributed by atoms with Crippen molar-refractivity contribution in [2.75, 3.05) is 26.4 Å². The zero-order valence-corrected chi connectivity index (χ0v) is 15.1. The highest BCUT2D eigenvalue weighted by molar-refractivity contribution is 7.99. The number of benzene rings is 1. The fraction of sp³-hybridized carbons (Fsp3) is 0.438. The quantitative estimate of drug-likeness (QED) is 0.409. The van der Waals surface area contributed by atoms with Gasteiger partial charge >= 0.3 is 0 Å². The first kappa shape index (κ1) is 18.0. The number of nitrogens with zero attached hydrogens (tertiary/aromatic N) is 4. The molecule has 2 aromatic rings. The number of aromatic nitrogens is 2. The molecule has 0 saturated heterocycles. The van der Waals surface area contributed by atoms with Crippen molar-refractivity contribution in [3.05, 3.63) is 51.6 Å². The van der Waals surface area contributed by atoms with Crippen LogP contribution in [0.1, 0.15) is 23.7 Å². The van der Waals surface area contributed by atoms with E-state index in [4.69, 9.17) is 11.6 Å². The summed E-state index contributed by atoms with van der Waals surface area (Å²) >= 11 is 7.60. The Morgan fingerprint density at radius 1 is 1.35 bits per heavy atom. The van der Waals surface area contributed by atoms with Gasteiger partial charge in [-0.2, -0.15) is 0 Å². The number of imidazole rings is 1. The zero-order valence-electron chi connectivity index (χ0n) is 13.6. The number of hydrogen-bond donors (Lipinski definition) is 0. The van der Waals surface area contributed by atoms with E-state index in [1.807, 2.05) is 23.7 Å². The lowest BCUT2D eigenvalue weighted by Crippen LogP contribution is -2.13. The molecule has 0 fully saturated rings. The van der Waals surface area contributed by atoms with Crippen LogP contribution in [0, 0.1) is 4.91 Å². The van der Waals surface area contributed by atoms with Crippen LogP contribution in [-0.2, 0) is 7.05 Å². The molecule has 1 atom stereocenters. The van der Waals surface area contributed by atoms with Crippen molar-refractivity contribution in [2.45, 2.75) is 17.6 Å². The van der Waals surface area contributed by atoms with Gasteiger partial charge in [-0.25, -0.2) is 4.98 Å². The molecule has 1 aromatic heterocycles. The summed E-state index contributed by atoms with van der Waals surface area (Å²) in [4.78, 5) is 17.9. The molecule has 0 aliphatic rings. The fourth-order valence-electron chi connectivity index (χ4n) is 2.27. The molecular weight excluding hydrogens is 332 g/mol. The van der Waals surface area contributed by atoms with Crippen LogP contribution in [0.3, 0.4) is 0 Å². The van der Waals surface area contributed by atoms with E-state index in [0.717, 1.165) is 35.1 Å². The van der Waals surface area contributed by atoms with Crippen LogP contribution in [0.25, 0.3) is 0 Å². The van der Waals surface area contributed by atoms with E-state index in [0.29, 0.717) is 5.02 Å². The predicted molar refractivity (Wildman–Crippen MR) is 96.2 cm³/mol. The molecule has 23 heavy (non-hydrogen) atoms. The van der Waals surface area contributed by atoms with Crippen LogP contribution in [0.15, 0.2) is 40.8 Å². The summed E-state index contributed by atoms with van der Waals surface area (Å²) < 4.78 is 1.95. The molecule has 0 bridgehead atoms. The highest BCUT2D eigenvalue weighted by Gasteiger charge is 2.20. The summed E-state index contributed by atoms with van der Waals surface area (Å²) in [5.41, 5.74) is 1.61. The Morgan fingerprint density at radius 3 is 2.65 bits per heavy atom. The van der Waals surface area contributed by atoms with Crippen LogP contribution in [0.4, 0.5) is 0 Å². The largest absolute Gasteiger partial charge is 0.324 e. The van der Waals surface area contributed by atoms with Crippen molar-refractivity contribution in [3.63, 3.8) is 0 Å². The molecule has 7 heteroatoms. The molecule has 1 unspecified atom stereocenters. The zero-order chi connectivity index (χ0) is 16.8. The third-order valence-corrected chi connectivity index (χ3v) is 4.92. The minimum Gasteiger partial charge on any atom is -0.324 e. The van der Waals surface area contributed by atoms with Crippen LogP contribution in [0.5, 0.6) is 0 Å². The summed E-state index contributed by atoms with van der Waals surface area (Å²) in [5, 5.41) is 4.83. The van der Waals surface area contributed by atoms with Gasteiger partial charge in [0.15, 0.2) is 11.2 Å². The standard InChI is InChI=1S/C16H21ClN4OS/c1-20(2)9-4-10-23-16-18-11-14(21(16)3)15(19-22)12-5-7-13(17)8-6-12/h5-8,11,15H,4,9-10H2,1-3H3. The van der Waals surface area contributed by atoms with Gasteiger partial charge in [-0.1, -0.05) is 40.7 Å². The molecule has 124 valence electrons. The first-order valence-electron chi connectivity index (χ1n) is 7.40. The second-order valence-electron chi connectivity index (χ2n) is 5.59. The topological polar surface area (TPSA) is 50.5 Å². The molecule has 0 amide bonds. The molecular formula is C16H21ClN4OS. The summed E-state index contributed by atoms with van der Waals surface area (Å²) in [7, 11) is 6.05. The predicted octanol–water partition coefficient (Wildman–Crippen LogP) is 3.97. The van der Waals surface area contributed by atoms with Crippen LogP contribution >= 0.6 is 23.4 Å². The summed E-state index contributed by atoms with van der Waals surface area (Å²) in [6, 6.07) is 6.61. The summed E-state index contributed by atoms with van der Waals surface area (Å²) in [5.74, 6) is 0.989. The maximum Gasteiger partial charge on any atom is 0.167 e. The molecule has 0 aliphatic carbocycles. The fourth-order valence-corrected chi connectivity index (χ4v) is 3.28. The van der Waals surface area contributed by atoms with Gasteiger partial charge in [-0.15, -0.1) is 4.91 Å². The molecule has 0 spiro atoms. The van der Waals surface area contributed by atoms with E-state index in [1.165, 1.54) is 0 Å². The maximum absolute atomic E-state index is 11.4. The van der Waals surface area contributed by atoms with Crippen molar-refractivity contribution in [2.24, 2.45) is 12.2 Å². The average molecular weight is 353 g/mol. The van der Waals surface area contributed by atoms with E-state index < -0.39 is 6.04 Å². The highest BCUT2D eigenvalue weighted by atomic mass is 35.5. The van der Waals surface area contributed by atoms with Gasteiger partial charge in [0.05, 0.1) is 11.9 Å². The van der Waals surface area contributed by atoms with Crippen molar-refractivity contribution in [3.8, 4) is 0 Å². The Balaban J connectivity index is 2.10. The van der Waals surface area contributed by atoms with Crippen molar-refractivity contribution in [1.29, 1.82) is 0 Å². The van der Waals surface area contributed by atoms with Gasteiger partial charge in [0.1, 0.15) is 0 Å². The third kappa shape index (κ3) is 4.80. The van der Waals surface area contributed by atoms with Crippen molar-refractivity contribution in [1.82, 2.24) is 14.5 Å². The molecule has 1 aromatic carbocycles. The lowest BCUT2D eigenvalue weighted by Gasteiger charge is -2.12. The molecule has 0 aliphatic heterocycles. The molecule has 1 heterocycles. The molecule has 0 saturated carbocycles. The van der Waals surface area contributed by atoms with E-state index in [2.05, 4.69) is 29.2 Å². The molecule has 5 nitrogen and oxygen atoms in total. The Labute approximate surface area is 146 Å². The van der Waals surface area contributed by atoms with E-state index in [-0.39, 0.29) is 0 Å². The van der Waals surface area contributed by atoms with Crippen LogP contribution in [-0.4, -0.2) is 40.8 Å². The minimum absolute atomic E-state index is 0.569. The third-order valence-electron chi connectivity index (χ3n) is 3.53. The number of halogens is 1. The molecule has 0 radical (unpaired) electrons. The van der Waals surface area contributed by atoms with Crippen LogP contribution < -0.4 is 0 Å². The average Bonchev–Trinajstić information content (AvgIpc) is 2.88. The van der Waals surface area contributed by atoms with E-state index >= 15 is 0 Å². The monoisotopic (exact) mass is 352 g/mol. The van der Waals surface area contributed by atoms with Gasteiger partial charge < -0.3 is 9.47 Å². The highest BCUT2D eigenvalue weighted by Crippen LogP contribution is 2.29. The van der Waals surface area contributed by atoms with Gasteiger partial charge in [-0.05, 0) is 44.8 Å². The first-order valence-corrected chi connectivity index (χ1v) is 8.76. The smallest absolute Gasteiger partial charge is 0.167 e. The minimum atomic E-state index is -0.569. The maximum atomic E-state index is 11.4. The normalized spacial score (nSPS) is 12.6. The van der Waals surface area contributed by atoms with Gasteiger partial charge in [-0.3, -0.25) is 0 Å². The molecule has 0 N–H and O–H groups in total. The Hall–Kier alpha value is -1.37. The Bertz CT molecular complexity index is 642. The van der Waals surface area contributed by atoms with Gasteiger partial charge in [0.2, 0.25) is 0 Å². The Morgan fingerprint density at radius 2 is 2.04 bits per heavy atom. The second-order valence-corrected chi connectivity index (χ2v) is 7.09. The SMILES string of the molecule is CN(C)CCCSc1ncc(C(N=O)c2ccc(Cl)cc2)n1C. The van der Waals surface area contributed by atoms with Crippen molar-refractivity contribution >= 4 is 23.4 Å². The number of rotatable bonds is 8. The number of thioether (sulfide) groups is 1. The van der Waals surface area contributed by atoms with Gasteiger partial charge in [0.25, 0.3) is 0 Å². The first-order chi connectivity index (χ1) is 11.0. The number of hydrogen-bond acceptors (Lipinski definition) is 5. The summed E-state index contributed by atoms with van der Waals surface area (Å²) in [6.07, 6.45) is 2.82. The number of nitroso groups, excluding NO2 is 1. The van der Waals surface area contributed by atoms with E-state index in [9.17, 15) is 4.91 Å². The Kier molecular flexibility index (Phi) is 6.62. The van der Waals surface area contributed by atoms with Crippen molar-refractivity contribution < 1.29 is 0 Å². The van der Waals surface area contributed by atoms with Gasteiger partial charge in [0, 0.05) is 17.8 Å². The lowest BCUT2D eigenvalue weighted by atomic mass is 10.1. The summed E-state index contributed by atoms with van der Waals surface area (Å²) in [6.45, 7) is 1.05. The second kappa shape index (κ2) is 8.47. The molecule has 2 rings (SSSR count).